The number of ketones is 1. The van der Waals surface area contributed by atoms with E-state index in [0.717, 1.165) is 11.8 Å². The zero-order valence-corrected chi connectivity index (χ0v) is 16.3. The molecule has 0 saturated carbocycles. The number of thioether (sulfide) groups is 1. The van der Waals surface area contributed by atoms with Gasteiger partial charge in [-0.2, -0.15) is 0 Å². The Balaban J connectivity index is 1.77. The molecule has 6 nitrogen and oxygen atoms in total. The molecule has 1 amide bonds. The lowest BCUT2D eigenvalue weighted by atomic mass is 10.1. The Kier molecular flexibility index (Phi) is 8.01. The van der Waals surface area contributed by atoms with E-state index in [2.05, 4.69) is 5.32 Å². The lowest BCUT2D eigenvalue weighted by molar-refractivity contribution is -0.141. The van der Waals surface area contributed by atoms with Gasteiger partial charge in [0.05, 0.1) is 18.6 Å². The van der Waals surface area contributed by atoms with E-state index in [1.165, 1.54) is 38.3 Å². The first-order valence-corrected chi connectivity index (χ1v) is 9.51. The third kappa shape index (κ3) is 6.70. The van der Waals surface area contributed by atoms with Crippen LogP contribution in [0.3, 0.4) is 0 Å². The van der Waals surface area contributed by atoms with Crippen LogP contribution in [-0.4, -0.2) is 36.3 Å². The van der Waals surface area contributed by atoms with Gasteiger partial charge >= 0.3 is 5.97 Å². The summed E-state index contributed by atoms with van der Waals surface area (Å²) >= 11 is 1.10. The second-order valence-corrected chi connectivity index (χ2v) is 6.78. The van der Waals surface area contributed by atoms with Gasteiger partial charge in [0.15, 0.2) is 5.78 Å². The normalized spacial score (nSPS) is 10.2. The number of anilines is 1. The van der Waals surface area contributed by atoms with Gasteiger partial charge in [-0.25, -0.2) is 4.39 Å². The first-order valence-electron chi connectivity index (χ1n) is 8.35. The summed E-state index contributed by atoms with van der Waals surface area (Å²) in [5, 5.41) is 2.61. The molecule has 0 fully saturated rings. The largest absolute Gasteiger partial charge is 0.496 e. The molecule has 1 N–H and O–H groups in total. The SMILES string of the molecule is COc1ccc(C(C)=O)cc1COC(=O)CSCC(=O)Nc1ccc(F)cc1. The van der Waals surface area contributed by atoms with Gasteiger partial charge in [-0.15, -0.1) is 11.8 Å². The van der Waals surface area contributed by atoms with Crippen molar-refractivity contribution in [2.75, 3.05) is 23.9 Å². The number of carbonyl (C=O) groups is 3. The summed E-state index contributed by atoms with van der Waals surface area (Å²) in [6.07, 6.45) is 0. The summed E-state index contributed by atoms with van der Waals surface area (Å²) in [7, 11) is 1.49. The standard InChI is InChI=1S/C20H20FNO5S/c1-13(23)14-3-8-18(26-2)15(9-14)10-27-20(25)12-28-11-19(24)22-17-6-4-16(21)5-7-17/h3-9H,10-12H2,1-2H3,(H,22,24). The number of carbonyl (C=O) groups excluding carboxylic acids is 3. The zero-order chi connectivity index (χ0) is 20.5. The van der Waals surface area contributed by atoms with Crippen molar-refractivity contribution < 1.29 is 28.2 Å². The molecule has 2 aromatic rings. The van der Waals surface area contributed by atoms with Crippen LogP contribution in [0.2, 0.25) is 0 Å². The van der Waals surface area contributed by atoms with E-state index in [1.54, 1.807) is 18.2 Å². The number of hydrogen-bond acceptors (Lipinski definition) is 6. The molecule has 0 saturated heterocycles. The highest BCUT2D eigenvalue weighted by Gasteiger charge is 2.11. The first-order chi connectivity index (χ1) is 13.4. The minimum Gasteiger partial charge on any atom is -0.496 e. The smallest absolute Gasteiger partial charge is 0.316 e. The summed E-state index contributed by atoms with van der Waals surface area (Å²) < 4.78 is 23.2. The monoisotopic (exact) mass is 405 g/mol. The minimum atomic E-state index is -0.491. The van der Waals surface area contributed by atoms with E-state index in [4.69, 9.17) is 9.47 Å². The van der Waals surface area contributed by atoms with Crippen molar-refractivity contribution in [2.45, 2.75) is 13.5 Å². The van der Waals surface area contributed by atoms with Crippen LogP contribution >= 0.6 is 11.8 Å². The highest BCUT2D eigenvalue weighted by atomic mass is 32.2. The van der Waals surface area contributed by atoms with Crippen molar-refractivity contribution in [2.24, 2.45) is 0 Å². The lowest BCUT2D eigenvalue weighted by Crippen LogP contribution is -2.16. The molecule has 0 heterocycles. The van der Waals surface area contributed by atoms with Gasteiger partial charge in [-0.3, -0.25) is 14.4 Å². The topological polar surface area (TPSA) is 81.7 Å². The molecule has 8 heteroatoms. The Morgan fingerprint density at radius 3 is 2.43 bits per heavy atom. The average molecular weight is 405 g/mol. The van der Waals surface area contributed by atoms with E-state index in [-0.39, 0.29) is 35.6 Å². The fourth-order valence-corrected chi connectivity index (χ4v) is 2.88. The number of amides is 1. The zero-order valence-electron chi connectivity index (χ0n) is 15.5. The summed E-state index contributed by atoms with van der Waals surface area (Å²) in [5.74, 6) is -0.723. The maximum absolute atomic E-state index is 12.8. The quantitative estimate of drug-likeness (QED) is 0.508. The van der Waals surface area contributed by atoms with Gasteiger partial charge in [0.25, 0.3) is 0 Å². The number of esters is 1. The number of methoxy groups -OCH3 is 1. The number of rotatable bonds is 9. The number of halogens is 1. The number of ether oxygens (including phenoxy) is 2. The van der Waals surface area contributed by atoms with Crippen LogP contribution in [0.1, 0.15) is 22.8 Å². The highest BCUT2D eigenvalue weighted by Crippen LogP contribution is 2.21. The van der Waals surface area contributed by atoms with E-state index >= 15 is 0 Å². The molecule has 28 heavy (non-hydrogen) atoms. The summed E-state index contributed by atoms with van der Waals surface area (Å²) in [6.45, 7) is 1.41. The number of Topliss-reactive ketones (excluding diaryl/α,β-unsaturated/α-hetero) is 1. The van der Waals surface area contributed by atoms with Gasteiger partial charge in [0.1, 0.15) is 18.2 Å². The molecule has 148 valence electrons. The minimum absolute atomic E-state index is 0.00838. The predicted octanol–water partition coefficient (Wildman–Crippen LogP) is 3.45. The number of hydrogen-bond donors (Lipinski definition) is 1. The van der Waals surface area contributed by atoms with Crippen molar-refractivity contribution in [3.8, 4) is 5.75 Å². The average Bonchev–Trinajstić information content (AvgIpc) is 2.67. The molecular weight excluding hydrogens is 385 g/mol. The molecule has 0 unspecified atom stereocenters. The third-order valence-corrected chi connectivity index (χ3v) is 4.56. The Morgan fingerprint density at radius 1 is 1.07 bits per heavy atom. The van der Waals surface area contributed by atoms with Gasteiger partial charge in [0, 0.05) is 16.8 Å². The maximum atomic E-state index is 12.8. The number of nitrogens with one attached hydrogen (secondary N) is 1. The van der Waals surface area contributed by atoms with Crippen molar-refractivity contribution >= 4 is 35.1 Å². The van der Waals surface area contributed by atoms with Gasteiger partial charge in [0.2, 0.25) is 5.91 Å². The molecule has 0 atom stereocenters. The predicted molar refractivity (Wildman–Crippen MR) is 105 cm³/mol. The second kappa shape index (κ2) is 10.5. The molecule has 0 aromatic heterocycles. The van der Waals surface area contributed by atoms with Gasteiger partial charge in [-0.05, 0) is 49.4 Å². The van der Waals surface area contributed by atoms with Crippen molar-refractivity contribution in [3.63, 3.8) is 0 Å². The number of benzene rings is 2. The summed E-state index contributed by atoms with van der Waals surface area (Å²) in [4.78, 5) is 35.2. The Hall–Kier alpha value is -2.87. The third-order valence-electron chi connectivity index (χ3n) is 3.66. The van der Waals surface area contributed by atoms with Crippen LogP contribution in [0, 0.1) is 5.82 Å². The second-order valence-electron chi connectivity index (χ2n) is 5.79. The Labute approximate surface area is 166 Å². The fraction of sp³-hybridized carbons (Fsp3) is 0.250. The summed E-state index contributed by atoms with van der Waals surface area (Å²) in [5.41, 5.74) is 1.56. The highest BCUT2D eigenvalue weighted by molar-refractivity contribution is 8.00. The molecule has 2 aromatic carbocycles. The molecule has 2 rings (SSSR count). The molecule has 0 spiro atoms. The van der Waals surface area contributed by atoms with E-state index in [1.807, 2.05) is 0 Å². The molecule has 0 aliphatic heterocycles. The molecule has 0 aliphatic rings. The van der Waals surface area contributed by atoms with Crippen LogP contribution in [0.5, 0.6) is 5.75 Å². The van der Waals surface area contributed by atoms with E-state index < -0.39 is 5.97 Å². The van der Waals surface area contributed by atoms with Gasteiger partial charge < -0.3 is 14.8 Å². The summed E-state index contributed by atoms with van der Waals surface area (Å²) in [6, 6.07) is 10.3. The van der Waals surface area contributed by atoms with Crippen LogP contribution in [0.4, 0.5) is 10.1 Å². The molecule has 0 bridgehead atoms. The molecular formula is C20H20FNO5S. The van der Waals surface area contributed by atoms with Crippen LogP contribution in [-0.2, 0) is 20.9 Å². The Morgan fingerprint density at radius 2 is 1.79 bits per heavy atom. The Bertz CT molecular complexity index is 854. The lowest BCUT2D eigenvalue weighted by Gasteiger charge is -2.10. The van der Waals surface area contributed by atoms with E-state index in [9.17, 15) is 18.8 Å². The molecule has 0 radical (unpaired) electrons. The van der Waals surface area contributed by atoms with E-state index in [0.29, 0.717) is 22.6 Å². The first kappa shape index (κ1) is 21.4. The van der Waals surface area contributed by atoms with Crippen molar-refractivity contribution in [3.05, 3.63) is 59.4 Å². The van der Waals surface area contributed by atoms with Gasteiger partial charge in [-0.1, -0.05) is 0 Å². The maximum Gasteiger partial charge on any atom is 0.316 e. The fourth-order valence-electron chi connectivity index (χ4n) is 2.27. The van der Waals surface area contributed by atoms with Crippen molar-refractivity contribution in [1.29, 1.82) is 0 Å². The van der Waals surface area contributed by atoms with Crippen LogP contribution in [0.25, 0.3) is 0 Å². The van der Waals surface area contributed by atoms with Crippen LogP contribution in [0.15, 0.2) is 42.5 Å². The van der Waals surface area contributed by atoms with Crippen molar-refractivity contribution in [1.82, 2.24) is 0 Å². The van der Waals surface area contributed by atoms with Crippen LogP contribution < -0.4 is 10.1 Å². The molecule has 0 aliphatic carbocycles.